The van der Waals surface area contributed by atoms with Gasteiger partial charge in [0.15, 0.2) is 0 Å². The number of urea groups is 1. The highest BCUT2D eigenvalue weighted by molar-refractivity contribution is 5.74. The van der Waals surface area contributed by atoms with Crippen LogP contribution in [-0.4, -0.2) is 19.2 Å². The summed E-state index contributed by atoms with van der Waals surface area (Å²) < 4.78 is 5.08. The van der Waals surface area contributed by atoms with Crippen LogP contribution in [-0.2, 0) is 6.54 Å². The first-order chi connectivity index (χ1) is 9.19. The second-order valence-electron chi connectivity index (χ2n) is 4.31. The molecular weight excluding hydrogens is 240 g/mol. The van der Waals surface area contributed by atoms with E-state index in [1.54, 1.807) is 13.2 Å². The van der Waals surface area contributed by atoms with Crippen LogP contribution in [0.1, 0.15) is 25.3 Å². The highest BCUT2D eigenvalue weighted by Crippen LogP contribution is 2.10. The maximum atomic E-state index is 11.7. The van der Waals surface area contributed by atoms with Crippen molar-refractivity contribution >= 4 is 6.03 Å². The van der Waals surface area contributed by atoms with Gasteiger partial charge in [0, 0.05) is 12.6 Å². The Hall–Kier alpha value is -1.97. The Morgan fingerprint density at radius 3 is 2.63 bits per heavy atom. The van der Waals surface area contributed by atoms with E-state index in [2.05, 4.69) is 24.1 Å². The Kier molecular flexibility index (Phi) is 6.50. The average Bonchev–Trinajstić information content (AvgIpc) is 2.45. The van der Waals surface area contributed by atoms with Gasteiger partial charge in [-0.25, -0.2) is 4.79 Å². The molecule has 0 unspecified atom stereocenters. The van der Waals surface area contributed by atoms with Gasteiger partial charge in [0.05, 0.1) is 7.11 Å². The van der Waals surface area contributed by atoms with Gasteiger partial charge < -0.3 is 15.4 Å². The van der Waals surface area contributed by atoms with Gasteiger partial charge in [0.2, 0.25) is 0 Å². The smallest absolute Gasteiger partial charge is 0.315 e. The molecule has 0 radical (unpaired) electrons. The summed E-state index contributed by atoms with van der Waals surface area (Å²) in [6.07, 6.45) is 3.67. The summed E-state index contributed by atoms with van der Waals surface area (Å²) in [5.74, 6) is 0.808. The molecule has 0 aliphatic heterocycles. The lowest BCUT2D eigenvalue weighted by molar-refractivity contribution is 0.238. The van der Waals surface area contributed by atoms with Crippen molar-refractivity contribution in [3.63, 3.8) is 0 Å². The van der Waals surface area contributed by atoms with Gasteiger partial charge in [0.1, 0.15) is 5.75 Å². The third-order valence-electron chi connectivity index (χ3n) is 2.81. The quantitative estimate of drug-likeness (QED) is 0.742. The zero-order valence-corrected chi connectivity index (χ0v) is 11.6. The fraction of sp³-hybridized carbons (Fsp3) is 0.400. The molecule has 1 aromatic carbocycles. The largest absolute Gasteiger partial charge is 0.497 e. The van der Waals surface area contributed by atoms with Crippen LogP contribution in [0.15, 0.2) is 36.9 Å². The van der Waals surface area contributed by atoms with E-state index in [0.717, 1.165) is 24.2 Å². The second-order valence-corrected chi connectivity index (χ2v) is 4.31. The Labute approximate surface area is 114 Å². The summed E-state index contributed by atoms with van der Waals surface area (Å²) in [5.41, 5.74) is 1.03. The molecule has 0 bridgehead atoms. The van der Waals surface area contributed by atoms with Gasteiger partial charge in [0.25, 0.3) is 0 Å². The zero-order chi connectivity index (χ0) is 14.1. The minimum atomic E-state index is -0.172. The maximum absolute atomic E-state index is 11.7. The predicted octanol–water partition coefficient (Wildman–Crippen LogP) is 2.85. The molecule has 2 amide bonds. The lowest BCUT2D eigenvalue weighted by Gasteiger charge is -2.14. The van der Waals surface area contributed by atoms with Crippen molar-refractivity contribution in [2.45, 2.75) is 32.4 Å². The Bertz CT molecular complexity index is 401. The molecule has 4 nitrogen and oxygen atoms in total. The molecule has 4 heteroatoms. The van der Waals surface area contributed by atoms with Crippen molar-refractivity contribution < 1.29 is 9.53 Å². The van der Waals surface area contributed by atoms with Crippen molar-refractivity contribution in [2.75, 3.05) is 7.11 Å². The number of methoxy groups -OCH3 is 1. The molecular formula is C15H22N2O2. The molecule has 0 saturated heterocycles. The van der Waals surface area contributed by atoms with Crippen molar-refractivity contribution in [3.8, 4) is 5.75 Å². The molecule has 1 rings (SSSR count). The molecule has 2 N–H and O–H groups in total. The molecule has 0 aliphatic carbocycles. The van der Waals surface area contributed by atoms with Crippen LogP contribution in [0.25, 0.3) is 0 Å². The van der Waals surface area contributed by atoms with Gasteiger partial charge in [-0.1, -0.05) is 31.6 Å². The summed E-state index contributed by atoms with van der Waals surface area (Å²) in [4.78, 5) is 11.7. The average molecular weight is 262 g/mol. The summed E-state index contributed by atoms with van der Waals surface area (Å²) >= 11 is 0. The number of rotatable bonds is 7. The summed E-state index contributed by atoms with van der Waals surface area (Å²) in [7, 11) is 1.63. The number of carbonyl (C=O) groups is 1. The highest BCUT2D eigenvalue weighted by Gasteiger charge is 2.07. The zero-order valence-electron chi connectivity index (χ0n) is 11.6. The van der Waals surface area contributed by atoms with E-state index in [9.17, 15) is 4.79 Å². The number of benzene rings is 1. The molecule has 0 aliphatic rings. The topological polar surface area (TPSA) is 50.4 Å². The fourth-order valence-corrected chi connectivity index (χ4v) is 1.71. The van der Waals surface area contributed by atoms with Crippen LogP contribution in [0.2, 0.25) is 0 Å². The summed E-state index contributed by atoms with van der Waals surface area (Å²) in [6, 6.07) is 7.46. The number of hydrogen-bond acceptors (Lipinski definition) is 2. The molecule has 0 spiro atoms. The number of hydrogen-bond donors (Lipinski definition) is 2. The predicted molar refractivity (Wildman–Crippen MR) is 77.3 cm³/mol. The normalized spacial score (nSPS) is 11.5. The third kappa shape index (κ3) is 5.46. The maximum Gasteiger partial charge on any atom is 0.315 e. The van der Waals surface area contributed by atoms with Crippen LogP contribution >= 0.6 is 0 Å². The van der Waals surface area contributed by atoms with Crippen LogP contribution in [0, 0.1) is 0 Å². The van der Waals surface area contributed by atoms with Gasteiger partial charge in [-0.2, -0.15) is 0 Å². The number of nitrogens with one attached hydrogen (secondary N) is 2. The van der Waals surface area contributed by atoms with E-state index in [-0.39, 0.29) is 12.1 Å². The second kappa shape index (κ2) is 8.19. The summed E-state index contributed by atoms with van der Waals surface area (Å²) in [6.45, 7) is 6.28. The first-order valence-corrected chi connectivity index (χ1v) is 6.49. The van der Waals surface area contributed by atoms with Gasteiger partial charge >= 0.3 is 6.03 Å². The fourth-order valence-electron chi connectivity index (χ4n) is 1.71. The van der Waals surface area contributed by atoms with Crippen LogP contribution in [0.5, 0.6) is 5.75 Å². The van der Waals surface area contributed by atoms with Crippen LogP contribution in [0.4, 0.5) is 4.79 Å². The van der Waals surface area contributed by atoms with Crippen molar-refractivity contribution in [1.29, 1.82) is 0 Å². The molecule has 19 heavy (non-hydrogen) atoms. The van der Waals surface area contributed by atoms with Gasteiger partial charge in [-0.3, -0.25) is 0 Å². The van der Waals surface area contributed by atoms with E-state index in [1.807, 2.05) is 24.3 Å². The van der Waals surface area contributed by atoms with Gasteiger partial charge in [-0.05, 0) is 24.1 Å². The van der Waals surface area contributed by atoms with E-state index in [1.165, 1.54) is 0 Å². The van der Waals surface area contributed by atoms with Gasteiger partial charge in [-0.15, -0.1) is 6.58 Å². The van der Waals surface area contributed by atoms with Crippen molar-refractivity contribution in [3.05, 3.63) is 42.5 Å². The molecule has 0 fully saturated rings. The van der Waals surface area contributed by atoms with Crippen LogP contribution in [0.3, 0.4) is 0 Å². The lowest BCUT2D eigenvalue weighted by atomic mass is 10.2. The minimum Gasteiger partial charge on any atom is -0.497 e. The third-order valence-corrected chi connectivity index (χ3v) is 2.81. The Morgan fingerprint density at radius 2 is 2.11 bits per heavy atom. The first kappa shape index (κ1) is 15.1. The van der Waals surface area contributed by atoms with E-state index >= 15 is 0 Å². The lowest BCUT2D eigenvalue weighted by Crippen LogP contribution is -2.40. The molecule has 104 valence electrons. The first-order valence-electron chi connectivity index (χ1n) is 6.49. The molecule has 1 aromatic rings. The molecule has 1 atom stereocenters. The number of ether oxygens (including phenoxy) is 1. The summed E-state index contributed by atoms with van der Waals surface area (Å²) in [5, 5.41) is 5.69. The minimum absolute atomic E-state index is 0.0286. The standard InChI is InChI=1S/C15H22N2O2/c1-4-6-13(5-2)17-15(18)16-11-12-7-9-14(19-3)10-8-12/h5,7-10,13H,2,4,6,11H2,1,3H3,(H2,16,17,18)/t13-/m0/s1. The number of carbonyl (C=O) groups excluding carboxylic acids is 1. The highest BCUT2D eigenvalue weighted by atomic mass is 16.5. The van der Waals surface area contributed by atoms with Crippen molar-refractivity contribution in [2.24, 2.45) is 0 Å². The van der Waals surface area contributed by atoms with Crippen molar-refractivity contribution in [1.82, 2.24) is 10.6 Å². The Balaban J connectivity index is 2.38. The SMILES string of the molecule is C=C[C@@H](CCC)NC(=O)NCc1ccc(OC)cc1. The monoisotopic (exact) mass is 262 g/mol. The van der Waals surface area contributed by atoms with E-state index in [0.29, 0.717) is 6.54 Å². The Morgan fingerprint density at radius 1 is 1.42 bits per heavy atom. The van der Waals surface area contributed by atoms with Crippen LogP contribution < -0.4 is 15.4 Å². The van der Waals surface area contributed by atoms with E-state index in [4.69, 9.17) is 4.74 Å². The molecule has 0 aromatic heterocycles. The molecule has 0 heterocycles. The number of amides is 2. The van der Waals surface area contributed by atoms with E-state index < -0.39 is 0 Å². The molecule has 0 saturated carbocycles.